The lowest BCUT2D eigenvalue weighted by Crippen LogP contribution is -2.23. The Balaban J connectivity index is 1.81. The zero-order valence-electron chi connectivity index (χ0n) is 11.5. The summed E-state index contributed by atoms with van der Waals surface area (Å²) in [5, 5.41) is 0. The lowest BCUT2D eigenvalue weighted by atomic mass is 10.2. The predicted molar refractivity (Wildman–Crippen MR) is 81.3 cm³/mol. The lowest BCUT2D eigenvalue weighted by Gasteiger charge is -2.09. The Morgan fingerprint density at radius 3 is 2.81 bits per heavy atom. The number of nitrogens with one attached hydrogen (secondary N) is 2. The van der Waals surface area contributed by atoms with Gasteiger partial charge in [0.25, 0.3) is 0 Å². The first kappa shape index (κ1) is 13.8. The highest BCUT2D eigenvalue weighted by molar-refractivity contribution is 7.89. The van der Waals surface area contributed by atoms with E-state index in [1.165, 1.54) is 0 Å². The van der Waals surface area contributed by atoms with Crippen LogP contribution in [0.5, 0.6) is 0 Å². The van der Waals surface area contributed by atoms with Crippen LogP contribution in [-0.4, -0.2) is 18.4 Å². The predicted octanol–water partition coefficient (Wildman–Crippen LogP) is 2.35. The molecule has 0 spiro atoms. The molecule has 0 saturated carbocycles. The number of hydrogen-bond donors (Lipinski definition) is 2. The first-order valence-electron chi connectivity index (χ1n) is 6.53. The second-order valence-electron chi connectivity index (χ2n) is 4.84. The van der Waals surface area contributed by atoms with Crippen LogP contribution >= 0.6 is 0 Å². The largest absolute Gasteiger partial charge is 0.345 e. The molecule has 0 fully saturated rings. The van der Waals surface area contributed by atoms with Crippen molar-refractivity contribution in [3.8, 4) is 0 Å². The molecule has 1 aromatic heterocycles. The van der Waals surface area contributed by atoms with E-state index in [2.05, 4.69) is 14.7 Å². The number of benzene rings is 2. The van der Waals surface area contributed by atoms with Gasteiger partial charge < -0.3 is 4.98 Å². The molecule has 0 aliphatic rings. The van der Waals surface area contributed by atoms with Crippen molar-refractivity contribution in [1.82, 2.24) is 14.7 Å². The third kappa shape index (κ3) is 2.81. The molecule has 1 heterocycles. The number of aromatic amines is 1. The van der Waals surface area contributed by atoms with Crippen LogP contribution < -0.4 is 4.72 Å². The fourth-order valence-corrected chi connectivity index (χ4v) is 3.47. The van der Waals surface area contributed by atoms with Crippen LogP contribution in [0.3, 0.4) is 0 Å². The Morgan fingerprint density at radius 1 is 1.19 bits per heavy atom. The number of rotatable bonds is 4. The number of sulfonamides is 1. The molecule has 0 bridgehead atoms. The summed E-state index contributed by atoms with van der Waals surface area (Å²) in [5.41, 5.74) is 3.36. The molecule has 0 aliphatic carbocycles. The molecule has 6 heteroatoms. The van der Waals surface area contributed by atoms with Gasteiger partial charge in [-0.1, -0.05) is 24.3 Å². The molecule has 5 nitrogen and oxygen atoms in total. The van der Waals surface area contributed by atoms with Crippen molar-refractivity contribution in [2.45, 2.75) is 18.4 Å². The fraction of sp³-hybridized carbons (Fsp3) is 0.133. The summed E-state index contributed by atoms with van der Waals surface area (Å²) in [4.78, 5) is 7.46. The van der Waals surface area contributed by atoms with E-state index >= 15 is 0 Å². The standard InChI is InChI=1S/C15H15N3O2S/c1-11-4-2-3-5-15(11)21(19,20)18-9-12-6-7-13-14(8-12)17-10-16-13/h2-8,10,18H,9H2,1H3,(H,16,17). The maximum Gasteiger partial charge on any atom is 0.241 e. The van der Waals surface area contributed by atoms with Crippen LogP contribution in [0.25, 0.3) is 11.0 Å². The number of imidazole rings is 1. The minimum Gasteiger partial charge on any atom is -0.345 e. The Kier molecular flexibility index (Phi) is 3.48. The minimum atomic E-state index is -3.50. The van der Waals surface area contributed by atoms with E-state index in [-0.39, 0.29) is 6.54 Å². The van der Waals surface area contributed by atoms with Crippen LogP contribution in [0.2, 0.25) is 0 Å². The van der Waals surface area contributed by atoms with Crippen LogP contribution in [-0.2, 0) is 16.6 Å². The molecule has 0 unspecified atom stereocenters. The summed E-state index contributed by atoms with van der Waals surface area (Å²) in [7, 11) is -3.50. The number of nitrogens with zero attached hydrogens (tertiary/aromatic N) is 1. The van der Waals surface area contributed by atoms with E-state index in [0.29, 0.717) is 4.90 Å². The zero-order chi connectivity index (χ0) is 14.9. The second kappa shape index (κ2) is 5.31. The number of aromatic nitrogens is 2. The van der Waals surface area contributed by atoms with Crippen molar-refractivity contribution in [2.24, 2.45) is 0 Å². The Bertz CT molecular complexity index is 885. The summed E-state index contributed by atoms with van der Waals surface area (Å²) < 4.78 is 27.2. The Morgan fingerprint density at radius 2 is 2.00 bits per heavy atom. The Labute approximate surface area is 123 Å². The van der Waals surface area contributed by atoms with E-state index < -0.39 is 10.0 Å². The molecule has 2 N–H and O–H groups in total. The lowest BCUT2D eigenvalue weighted by molar-refractivity contribution is 0.580. The molecule has 0 amide bonds. The van der Waals surface area contributed by atoms with E-state index in [0.717, 1.165) is 22.2 Å². The maximum atomic E-state index is 12.3. The van der Waals surface area contributed by atoms with Crippen molar-refractivity contribution in [2.75, 3.05) is 0 Å². The molecular weight excluding hydrogens is 286 g/mol. The van der Waals surface area contributed by atoms with Crippen molar-refractivity contribution in [3.63, 3.8) is 0 Å². The van der Waals surface area contributed by atoms with Crippen LogP contribution in [0.4, 0.5) is 0 Å². The van der Waals surface area contributed by atoms with Crippen LogP contribution in [0, 0.1) is 6.92 Å². The van der Waals surface area contributed by atoms with Gasteiger partial charge in [0.1, 0.15) is 0 Å². The number of H-pyrrole nitrogens is 1. The highest BCUT2D eigenvalue weighted by Gasteiger charge is 2.15. The molecular formula is C15H15N3O2S. The molecule has 0 aliphatic heterocycles. The molecule has 3 aromatic rings. The topological polar surface area (TPSA) is 74.8 Å². The summed E-state index contributed by atoms with van der Waals surface area (Å²) in [6.45, 7) is 2.02. The van der Waals surface area contributed by atoms with Gasteiger partial charge in [0.15, 0.2) is 0 Å². The molecule has 108 valence electrons. The third-order valence-electron chi connectivity index (χ3n) is 3.33. The average Bonchev–Trinajstić information content (AvgIpc) is 2.93. The second-order valence-corrected chi connectivity index (χ2v) is 6.58. The zero-order valence-corrected chi connectivity index (χ0v) is 12.3. The van der Waals surface area contributed by atoms with Gasteiger partial charge in [-0.3, -0.25) is 0 Å². The highest BCUT2D eigenvalue weighted by Crippen LogP contribution is 2.15. The third-order valence-corrected chi connectivity index (χ3v) is 4.90. The smallest absolute Gasteiger partial charge is 0.241 e. The monoisotopic (exact) mass is 301 g/mol. The van der Waals surface area contributed by atoms with E-state index in [1.54, 1.807) is 31.5 Å². The average molecular weight is 301 g/mol. The van der Waals surface area contributed by atoms with E-state index in [4.69, 9.17) is 0 Å². The quantitative estimate of drug-likeness (QED) is 0.776. The number of aryl methyl sites for hydroxylation is 1. The summed E-state index contributed by atoms with van der Waals surface area (Å²) >= 11 is 0. The maximum absolute atomic E-state index is 12.3. The van der Waals surface area contributed by atoms with Gasteiger partial charge in [-0.25, -0.2) is 18.1 Å². The van der Waals surface area contributed by atoms with Gasteiger partial charge in [-0.05, 0) is 36.2 Å². The van der Waals surface area contributed by atoms with Gasteiger partial charge >= 0.3 is 0 Å². The summed E-state index contributed by atoms with van der Waals surface area (Å²) in [5.74, 6) is 0. The van der Waals surface area contributed by atoms with Crippen molar-refractivity contribution < 1.29 is 8.42 Å². The van der Waals surface area contributed by atoms with Crippen molar-refractivity contribution in [1.29, 1.82) is 0 Å². The minimum absolute atomic E-state index is 0.242. The van der Waals surface area contributed by atoms with Gasteiger partial charge in [0.2, 0.25) is 10.0 Å². The van der Waals surface area contributed by atoms with Gasteiger partial charge in [-0.2, -0.15) is 0 Å². The van der Waals surface area contributed by atoms with Gasteiger partial charge in [0.05, 0.1) is 22.3 Å². The Hall–Kier alpha value is -2.18. The van der Waals surface area contributed by atoms with Gasteiger partial charge in [0, 0.05) is 6.54 Å². The first-order chi connectivity index (χ1) is 10.1. The van der Waals surface area contributed by atoms with Crippen molar-refractivity contribution in [3.05, 3.63) is 59.9 Å². The first-order valence-corrected chi connectivity index (χ1v) is 8.02. The SMILES string of the molecule is Cc1ccccc1S(=O)(=O)NCc1ccc2nc[nH]c2c1. The normalized spacial score (nSPS) is 11.9. The van der Waals surface area contributed by atoms with Crippen molar-refractivity contribution >= 4 is 21.1 Å². The van der Waals surface area contributed by atoms with Crippen LogP contribution in [0.1, 0.15) is 11.1 Å². The molecule has 3 rings (SSSR count). The molecule has 0 radical (unpaired) electrons. The summed E-state index contributed by atoms with van der Waals surface area (Å²) in [6, 6.07) is 12.6. The molecule has 21 heavy (non-hydrogen) atoms. The fourth-order valence-electron chi connectivity index (χ4n) is 2.21. The number of fused-ring (bicyclic) bond motifs is 1. The van der Waals surface area contributed by atoms with E-state index in [1.807, 2.05) is 24.3 Å². The molecule has 0 atom stereocenters. The summed E-state index contributed by atoms with van der Waals surface area (Å²) in [6.07, 6.45) is 1.62. The van der Waals surface area contributed by atoms with E-state index in [9.17, 15) is 8.42 Å². The molecule has 2 aromatic carbocycles. The molecule has 0 saturated heterocycles. The highest BCUT2D eigenvalue weighted by atomic mass is 32.2. The van der Waals surface area contributed by atoms with Crippen LogP contribution in [0.15, 0.2) is 53.7 Å². The number of hydrogen-bond acceptors (Lipinski definition) is 3. The van der Waals surface area contributed by atoms with Gasteiger partial charge in [-0.15, -0.1) is 0 Å².